The maximum atomic E-state index is 12.7. The number of benzene rings is 2. The zero-order valence-electron chi connectivity index (χ0n) is 16.6. The zero-order valence-corrected chi connectivity index (χ0v) is 16.6. The molecule has 0 saturated heterocycles. The summed E-state index contributed by atoms with van der Waals surface area (Å²) >= 11 is 0. The summed E-state index contributed by atoms with van der Waals surface area (Å²) in [6.07, 6.45) is 7.75. The van der Waals surface area contributed by atoms with Crippen molar-refractivity contribution in [3.8, 4) is 22.8 Å². The molecule has 6 nitrogen and oxygen atoms in total. The van der Waals surface area contributed by atoms with Crippen molar-refractivity contribution in [3.05, 3.63) is 101 Å². The molecule has 0 radical (unpaired) electrons. The van der Waals surface area contributed by atoms with Crippen LogP contribution in [0.25, 0.3) is 22.8 Å². The van der Waals surface area contributed by atoms with Crippen molar-refractivity contribution in [3.63, 3.8) is 0 Å². The minimum Gasteiger partial charge on any atom is -0.364 e. The molecule has 6 heteroatoms. The lowest BCUT2D eigenvalue weighted by molar-refractivity contribution is 0.818. The van der Waals surface area contributed by atoms with Crippen LogP contribution in [-0.2, 0) is 0 Å². The van der Waals surface area contributed by atoms with Gasteiger partial charge in [0.1, 0.15) is 0 Å². The summed E-state index contributed by atoms with van der Waals surface area (Å²) in [7, 11) is 0. The third-order valence-corrected chi connectivity index (χ3v) is 5.30. The van der Waals surface area contributed by atoms with Gasteiger partial charge in [-0.3, -0.25) is 4.79 Å². The average molecular weight is 395 g/mol. The summed E-state index contributed by atoms with van der Waals surface area (Å²) in [5, 5.41) is 9.07. The molecule has 30 heavy (non-hydrogen) atoms. The molecule has 4 aromatic rings. The second kappa shape index (κ2) is 7.48. The summed E-state index contributed by atoms with van der Waals surface area (Å²) in [5.74, 6) is 0. The van der Waals surface area contributed by atoms with E-state index in [1.54, 1.807) is 27.8 Å². The van der Waals surface area contributed by atoms with Crippen molar-refractivity contribution in [1.29, 1.82) is 0 Å². The van der Waals surface area contributed by atoms with E-state index < -0.39 is 0 Å². The Morgan fingerprint density at radius 3 is 2.47 bits per heavy atom. The predicted octanol–water partition coefficient (Wildman–Crippen LogP) is 3.77. The molecule has 2 aromatic carbocycles. The number of rotatable bonds is 4. The molecular formula is C24H21N5O. The van der Waals surface area contributed by atoms with Gasteiger partial charge in [-0.1, -0.05) is 30.4 Å². The summed E-state index contributed by atoms with van der Waals surface area (Å²) in [4.78, 5) is 15.0. The first-order valence-corrected chi connectivity index (χ1v) is 9.91. The Kier molecular flexibility index (Phi) is 4.52. The minimum atomic E-state index is -0.138. The molecule has 3 heterocycles. The molecule has 0 amide bonds. The van der Waals surface area contributed by atoms with E-state index in [4.69, 9.17) is 0 Å². The van der Waals surface area contributed by atoms with E-state index in [-0.39, 0.29) is 5.43 Å². The van der Waals surface area contributed by atoms with Gasteiger partial charge in [-0.05, 0) is 48.9 Å². The molecule has 5 rings (SSSR count). The second-order valence-corrected chi connectivity index (χ2v) is 7.28. The Morgan fingerprint density at radius 2 is 1.70 bits per heavy atom. The number of aromatic nitrogens is 4. The fraction of sp³-hybridized carbons (Fsp3) is 0.125. The molecule has 0 fully saturated rings. The van der Waals surface area contributed by atoms with E-state index in [1.165, 1.54) is 5.69 Å². The van der Waals surface area contributed by atoms with Crippen LogP contribution in [-0.4, -0.2) is 32.7 Å². The van der Waals surface area contributed by atoms with Gasteiger partial charge in [-0.2, -0.15) is 10.2 Å². The molecule has 0 unspecified atom stereocenters. The smallest absolute Gasteiger partial charge is 0.209 e. The second-order valence-electron chi connectivity index (χ2n) is 7.28. The van der Waals surface area contributed by atoms with Crippen LogP contribution in [0.3, 0.4) is 0 Å². The van der Waals surface area contributed by atoms with Gasteiger partial charge in [0.2, 0.25) is 5.43 Å². The standard InChI is InChI=1S/C24H21N5O/c1-18-17-20(27-14-5-6-15-27)9-10-21(18)28-16-12-23(30)24(26-28)22-11-13-25-29(22)19-7-3-2-4-8-19/h2-13,16-17H,14-15H2,1H3. The van der Waals surface area contributed by atoms with Crippen LogP contribution in [0.15, 0.2) is 90.0 Å². The van der Waals surface area contributed by atoms with Crippen LogP contribution in [0.4, 0.5) is 5.69 Å². The lowest BCUT2D eigenvalue weighted by Gasteiger charge is -2.19. The molecule has 0 aliphatic carbocycles. The maximum absolute atomic E-state index is 12.7. The molecule has 1 aliphatic rings. The SMILES string of the molecule is Cc1cc(N2CC=CC2)ccc1-n1ccc(=O)c(-c2ccnn2-c2ccccc2)n1. The van der Waals surface area contributed by atoms with Crippen LogP contribution in [0.2, 0.25) is 0 Å². The number of hydrogen-bond donors (Lipinski definition) is 0. The summed E-state index contributed by atoms with van der Waals surface area (Å²) in [6, 6.07) is 19.4. The molecule has 0 saturated carbocycles. The Bertz CT molecular complexity index is 1280. The number of para-hydroxylation sites is 1. The van der Waals surface area contributed by atoms with E-state index >= 15 is 0 Å². The Morgan fingerprint density at radius 1 is 0.900 bits per heavy atom. The van der Waals surface area contributed by atoms with Crippen molar-refractivity contribution >= 4 is 5.69 Å². The fourth-order valence-corrected chi connectivity index (χ4v) is 3.76. The van der Waals surface area contributed by atoms with Crippen molar-refractivity contribution in [2.24, 2.45) is 0 Å². The van der Waals surface area contributed by atoms with Gasteiger partial charge in [0.05, 0.1) is 23.3 Å². The van der Waals surface area contributed by atoms with E-state index in [0.717, 1.165) is 30.0 Å². The van der Waals surface area contributed by atoms with Gasteiger partial charge < -0.3 is 4.90 Å². The highest BCUT2D eigenvalue weighted by molar-refractivity contribution is 5.59. The molecule has 148 valence electrons. The van der Waals surface area contributed by atoms with Gasteiger partial charge in [-0.15, -0.1) is 0 Å². The minimum absolute atomic E-state index is 0.138. The monoisotopic (exact) mass is 395 g/mol. The first-order chi connectivity index (χ1) is 14.7. The van der Waals surface area contributed by atoms with E-state index in [0.29, 0.717) is 11.4 Å². The Balaban J connectivity index is 1.56. The normalized spacial score (nSPS) is 13.2. The Hall–Kier alpha value is -3.93. The molecule has 0 atom stereocenters. The quantitative estimate of drug-likeness (QED) is 0.494. The summed E-state index contributed by atoms with van der Waals surface area (Å²) in [5.41, 5.74) is 5.00. The largest absolute Gasteiger partial charge is 0.364 e. The molecule has 0 N–H and O–H groups in total. The first kappa shape index (κ1) is 18.1. The Labute approximate surface area is 174 Å². The lowest BCUT2D eigenvalue weighted by Crippen LogP contribution is -2.19. The van der Waals surface area contributed by atoms with Crippen molar-refractivity contribution in [2.45, 2.75) is 6.92 Å². The van der Waals surface area contributed by atoms with Crippen LogP contribution in [0.5, 0.6) is 0 Å². The topological polar surface area (TPSA) is 56.0 Å². The summed E-state index contributed by atoms with van der Waals surface area (Å²) < 4.78 is 3.50. The lowest BCUT2D eigenvalue weighted by atomic mass is 10.1. The molecule has 0 bridgehead atoms. The zero-order chi connectivity index (χ0) is 20.5. The van der Waals surface area contributed by atoms with Gasteiger partial charge in [0, 0.05) is 31.0 Å². The highest BCUT2D eigenvalue weighted by Crippen LogP contribution is 2.24. The van der Waals surface area contributed by atoms with E-state index in [9.17, 15) is 4.79 Å². The average Bonchev–Trinajstić information content (AvgIpc) is 3.47. The first-order valence-electron chi connectivity index (χ1n) is 9.91. The van der Waals surface area contributed by atoms with E-state index in [1.807, 2.05) is 36.4 Å². The highest BCUT2D eigenvalue weighted by Gasteiger charge is 2.15. The fourth-order valence-electron chi connectivity index (χ4n) is 3.76. The highest BCUT2D eigenvalue weighted by atomic mass is 16.1. The molecule has 2 aromatic heterocycles. The number of nitrogens with zero attached hydrogens (tertiary/aromatic N) is 5. The van der Waals surface area contributed by atoms with E-state index in [2.05, 4.69) is 52.4 Å². The van der Waals surface area contributed by atoms with Crippen molar-refractivity contribution in [2.75, 3.05) is 18.0 Å². The third kappa shape index (κ3) is 3.22. The maximum Gasteiger partial charge on any atom is 0.209 e. The van der Waals surface area contributed by atoms with Gasteiger partial charge in [0.15, 0.2) is 5.69 Å². The number of hydrogen-bond acceptors (Lipinski definition) is 4. The van der Waals surface area contributed by atoms with Gasteiger partial charge in [0.25, 0.3) is 0 Å². The van der Waals surface area contributed by atoms with Crippen LogP contribution in [0.1, 0.15) is 5.56 Å². The third-order valence-electron chi connectivity index (χ3n) is 5.30. The van der Waals surface area contributed by atoms with Crippen LogP contribution < -0.4 is 10.3 Å². The number of anilines is 1. The van der Waals surface area contributed by atoms with Crippen molar-refractivity contribution in [1.82, 2.24) is 19.6 Å². The van der Waals surface area contributed by atoms with Crippen LogP contribution in [0, 0.1) is 6.92 Å². The van der Waals surface area contributed by atoms with Crippen molar-refractivity contribution < 1.29 is 0 Å². The van der Waals surface area contributed by atoms with Gasteiger partial charge >= 0.3 is 0 Å². The van der Waals surface area contributed by atoms with Gasteiger partial charge in [-0.25, -0.2) is 9.36 Å². The summed E-state index contributed by atoms with van der Waals surface area (Å²) in [6.45, 7) is 3.93. The van der Waals surface area contributed by atoms with Crippen LogP contribution >= 0.6 is 0 Å². The molecule has 0 spiro atoms. The number of aryl methyl sites for hydroxylation is 1. The predicted molar refractivity (Wildman–Crippen MR) is 118 cm³/mol. The molecule has 1 aliphatic heterocycles. The molecular weight excluding hydrogens is 374 g/mol.